The van der Waals surface area contributed by atoms with Gasteiger partial charge < -0.3 is 10.1 Å². The standard InChI is InChI=1S/C22H13Cl3N2O3S/c23-12-8-15(24)21(16(25)9-12)27-20(28)11-30-22(29)14-10-18(19-6-3-7-31-19)26-17-5-2-1-4-13(14)17/h1-10H,11H2,(H,27,28). The number of aromatic nitrogens is 1. The van der Waals surface area contributed by atoms with Crippen molar-refractivity contribution in [2.75, 3.05) is 11.9 Å². The van der Waals surface area contributed by atoms with Gasteiger partial charge in [-0.2, -0.15) is 0 Å². The van der Waals surface area contributed by atoms with Crippen LogP contribution in [-0.2, 0) is 9.53 Å². The molecule has 0 saturated heterocycles. The van der Waals surface area contributed by atoms with Crippen molar-refractivity contribution in [3.05, 3.63) is 80.6 Å². The van der Waals surface area contributed by atoms with E-state index in [1.807, 2.05) is 35.7 Å². The van der Waals surface area contributed by atoms with Gasteiger partial charge in [0, 0.05) is 10.4 Å². The number of benzene rings is 2. The highest BCUT2D eigenvalue weighted by molar-refractivity contribution is 7.13. The molecule has 1 amide bonds. The van der Waals surface area contributed by atoms with Crippen LogP contribution in [0.5, 0.6) is 0 Å². The second-order valence-electron chi connectivity index (χ2n) is 6.42. The first-order valence-corrected chi connectivity index (χ1v) is 11.0. The van der Waals surface area contributed by atoms with Crippen LogP contribution in [0, 0.1) is 0 Å². The maximum absolute atomic E-state index is 12.8. The lowest BCUT2D eigenvalue weighted by molar-refractivity contribution is -0.119. The van der Waals surface area contributed by atoms with E-state index in [-0.39, 0.29) is 15.7 Å². The normalized spacial score (nSPS) is 10.8. The number of carbonyl (C=O) groups excluding carboxylic acids is 2. The minimum Gasteiger partial charge on any atom is -0.452 e. The Morgan fingerprint density at radius 3 is 2.45 bits per heavy atom. The molecule has 4 aromatic rings. The number of nitrogens with one attached hydrogen (secondary N) is 1. The molecule has 0 aliphatic carbocycles. The van der Waals surface area contributed by atoms with Crippen LogP contribution in [0.25, 0.3) is 21.5 Å². The van der Waals surface area contributed by atoms with Crippen LogP contribution >= 0.6 is 46.1 Å². The Morgan fingerprint density at radius 2 is 1.74 bits per heavy atom. The summed E-state index contributed by atoms with van der Waals surface area (Å²) in [5, 5.41) is 5.80. The van der Waals surface area contributed by atoms with Crippen molar-refractivity contribution in [2.45, 2.75) is 0 Å². The Balaban J connectivity index is 1.54. The second kappa shape index (κ2) is 9.24. The summed E-state index contributed by atoms with van der Waals surface area (Å²) in [5.41, 5.74) is 1.84. The number of rotatable bonds is 5. The van der Waals surface area contributed by atoms with Crippen LogP contribution in [0.15, 0.2) is 60.0 Å². The van der Waals surface area contributed by atoms with Crippen molar-refractivity contribution < 1.29 is 14.3 Å². The molecule has 2 aromatic heterocycles. The SMILES string of the molecule is O=C(COC(=O)c1cc(-c2cccs2)nc2ccccc12)Nc1c(Cl)cc(Cl)cc1Cl. The number of hydrogen-bond donors (Lipinski definition) is 1. The number of amides is 1. The highest BCUT2D eigenvalue weighted by atomic mass is 35.5. The van der Waals surface area contributed by atoms with Crippen molar-refractivity contribution in [1.29, 1.82) is 0 Å². The van der Waals surface area contributed by atoms with Crippen LogP contribution in [0.3, 0.4) is 0 Å². The van der Waals surface area contributed by atoms with Crippen LogP contribution in [-0.4, -0.2) is 23.5 Å². The predicted octanol–water partition coefficient (Wildman–Crippen LogP) is 6.72. The molecule has 0 saturated carbocycles. The monoisotopic (exact) mass is 490 g/mol. The van der Waals surface area contributed by atoms with Crippen LogP contribution in [0.2, 0.25) is 15.1 Å². The lowest BCUT2D eigenvalue weighted by atomic mass is 10.1. The summed E-state index contributed by atoms with van der Waals surface area (Å²) in [6, 6.07) is 15.7. The summed E-state index contributed by atoms with van der Waals surface area (Å²) in [6.45, 7) is -0.515. The van der Waals surface area contributed by atoms with E-state index in [2.05, 4.69) is 10.3 Å². The zero-order chi connectivity index (χ0) is 22.0. The van der Waals surface area contributed by atoms with Gasteiger partial charge >= 0.3 is 5.97 Å². The molecule has 31 heavy (non-hydrogen) atoms. The van der Waals surface area contributed by atoms with Gasteiger partial charge in [0.15, 0.2) is 6.61 Å². The van der Waals surface area contributed by atoms with Gasteiger partial charge in [-0.3, -0.25) is 4.79 Å². The fourth-order valence-electron chi connectivity index (χ4n) is 2.94. The second-order valence-corrected chi connectivity index (χ2v) is 8.62. The third-order valence-corrected chi connectivity index (χ3v) is 6.02. The zero-order valence-corrected chi connectivity index (χ0v) is 18.8. The quantitative estimate of drug-likeness (QED) is 0.315. The van der Waals surface area contributed by atoms with E-state index in [9.17, 15) is 9.59 Å². The number of carbonyl (C=O) groups is 2. The molecule has 0 spiro atoms. The van der Waals surface area contributed by atoms with Gasteiger partial charge in [-0.25, -0.2) is 9.78 Å². The molecule has 0 atom stereocenters. The Hall–Kier alpha value is -2.64. The lowest BCUT2D eigenvalue weighted by Crippen LogP contribution is -2.21. The molecular weight excluding hydrogens is 479 g/mol. The van der Waals surface area contributed by atoms with Crippen molar-refractivity contribution >= 4 is 74.6 Å². The molecule has 0 aliphatic rings. The van der Waals surface area contributed by atoms with E-state index < -0.39 is 18.5 Å². The Labute approximate surface area is 196 Å². The van der Waals surface area contributed by atoms with E-state index >= 15 is 0 Å². The largest absolute Gasteiger partial charge is 0.452 e. The molecule has 2 heterocycles. The highest BCUT2D eigenvalue weighted by Gasteiger charge is 2.18. The van der Waals surface area contributed by atoms with E-state index in [0.29, 0.717) is 27.2 Å². The van der Waals surface area contributed by atoms with Gasteiger partial charge in [-0.05, 0) is 35.7 Å². The molecule has 2 aromatic carbocycles. The number of esters is 1. The van der Waals surface area contributed by atoms with Crippen molar-refractivity contribution in [1.82, 2.24) is 4.98 Å². The lowest BCUT2D eigenvalue weighted by Gasteiger charge is -2.11. The molecular formula is C22H13Cl3N2O3S. The molecule has 4 rings (SSSR count). The van der Waals surface area contributed by atoms with Gasteiger partial charge in [0.05, 0.1) is 37.4 Å². The molecule has 0 unspecified atom stereocenters. The Morgan fingerprint density at radius 1 is 1.00 bits per heavy atom. The molecule has 9 heteroatoms. The number of ether oxygens (including phenoxy) is 1. The van der Waals surface area contributed by atoms with Crippen molar-refractivity contribution in [3.63, 3.8) is 0 Å². The van der Waals surface area contributed by atoms with Gasteiger partial charge in [-0.15, -0.1) is 11.3 Å². The minimum atomic E-state index is -0.639. The molecule has 0 radical (unpaired) electrons. The average Bonchev–Trinajstić information content (AvgIpc) is 3.28. The zero-order valence-electron chi connectivity index (χ0n) is 15.7. The van der Waals surface area contributed by atoms with E-state index in [1.54, 1.807) is 12.1 Å². The summed E-state index contributed by atoms with van der Waals surface area (Å²) >= 11 is 19.5. The summed E-state index contributed by atoms with van der Waals surface area (Å²) < 4.78 is 5.26. The first-order valence-electron chi connectivity index (χ1n) is 8.97. The van der Waals surface area contributed by atoms with Crippen molar-refractivity contribution in [2.24, 2.45) is 0 Å². The highest BCUT2D eigenvalue weighted by Crippen LogP contribution is 2.33. The van der Waals surface area contributed by atoms with Gasteiger partial charge in [0.25, 0.3) is 5.91 Å². The van der Waals surface area contributed by atoms with Gasteiger partial charge in [-0.1, -0.05) is 59.1 Å². The summed E-state index contributed by atoms with van der Waals surface area (Å²) in [5.74, 6) is -1.23. The number of fused-ring (bicyclic) bond motifs is 1. The number of nitrogens with zero attached hydrogens (tertiary/aromatic N) is 1. The topological polar surface area (TPSA) is 68.3 Å². The number of thiophene rings is 1. The predicted molar refractivity (Wildman–Crippen MR) is 125 cm³/mol. The molecule has 0 bridgehead atoms. The smallest absolute Gasteiger partial charge is 0.339 e. The average molecular weight is 492 g/mol. The van der Waals surface area contributed by atoms with Crippen molar-refractivity contribution in [3.8, 4) is 10.6 Å². The van der Waals surface area contributed by atoms with Gasteiger partial charge in [0.1, 0.15) is 0 Å². The van der Waals surface area contributed by atoms with Crippen LogP contribution in [0.4, 0.5) is 5.69 Å². The fourth-order valence-corrected chi connectivity index (χ4v) is 4.54. The molecule has 0 fully saturated rings. The van der Waals surface area contributed by atoms with Crippen LogP contribution < -0.4 is 5.32 Å². The summed E-state index contributed by atoms with van der Waals surface area (Å²) in [6.07, 6.45) is 0. The number of halogens is 3. The maximum Gasteiger partial charge on any atom is 0.339 e. The first-order chi connectivity index (χ1) is 14.9. The fraction of sp³-hybridized carbons (Fsp3) is 0.0455. The molecule has 0 aliphatic heterocycles. The van der Waals surface area contributed by atoms with Gasteiger partial charge in [0.2, 0.25) is 0 Å². The number of anilines is 1. The number of para-hydroxylation sites is 1. The molecule has 1 N–H and O–H groups in total. The molecule has 156 valence electrons. The Kier molecular flexibility index (Phi) is 6.43. The number of hydrogen-bond acceptors (Lipinski definition) is 5. The van der Waals surface area contributed by atoms with E-state index in [0.717, 1.165) is 4.88 Å². The first kappa shape index (κ1) is 21.6. The van der Waals surface area contributed by atoms with E-state index in [1.165, 1.54) is 23.5 Å². The Bertz CT molecular complexity index is 1270. The number of pyridine rings is 1. The third-order valence-electron chi connectivity index (χ3n) is 4.32. The maximum atomic E-state index is 12.8. The minimum absolute atomic E-state index is 0.179. The third kappa shape index (κ3) is 4.83. The van der Waals surface area contributed by atoms with E-state index in [4.69, 9.17) is 39.5 Å². The summed E-state index contributed by atoms with van der Waals surface area (Å²) in [7, 11) is 0. The summed E-state index contributed by atoms with van der Waals surface area (Å²) in [4.78, 5) is 30.7. The van der Waals surface area contributed by atoms with Crippen LogP contribution in [0.1, 0.15) is 10.4 Å². The molecule has 5 nitrogen and oxygen atoms in total.